The minimum Gasteiger partial charge on any atom is -0.508 e. The third-order valence-electron chi connectivity index (χ3n) is 7.04. The van der Waals surface area contributed by atoms with Gasteiger partial charge < -0.3 is 14.9 Å². The number of ether oxygens (including phenoxy) is 1. The summed E-state index contributed by atoms with van der Waals surface area (Å²) in [6.07, 6.45) is 8.99. The third-order valence-corrected chi connectivity index (χ3v) is 7.04. The van der Waals surface area contributed by atoms with Gasteiger partial charge in [-0.1, -0.05) is 6.92 Å². The molecule has 1 aromatic carbocycles. The van der Waals surface area contributed by atoms with Gasteiger partial charge in [-0.2, -0.15) is 0 Å². The van der Waals surface area contributed by atoms with Crippen molar-refractivity contribution in [2.24, 2.45) is 17.3 Å². The van der Waals surface area contributed by atoms with Gasteiger partial charge in [0.2, 0.25) is 0 Å². The van der Waals surface area contributed by atoms with Gasteiger partial charge in [-0.25, -0.2) is 0 Å². The fourth-order valence-electron chi connectivity index (χ4n) is 5.89. The predicted molar refractivity (Wildman–Crippen MR) is 92.6 cm³/mol. The van der Waals surface area contributed by atoms with E-state index in [1.807, 2.05) is 6.07 Å². The van der Waals surface area contributed by atoms with E-state index >= 15 is 0 Å². The van der Waals surface area contributed by atoms with Crippen molar-refractivity contribution in [3.8, 4) is 17.8 Å². The zero-order chi connectivity index (χ0) is 16.9. The summed E-state index contributed by atoms with van der Waals surface area (Å²) in [7, 11) is 1.57. The molecule has 0 bridgehead atoms. The van der Waals surface area contributed by atoms with Gasteiger partial charge in [-0.05, 0) is 90.9 Å². The second-order valence-corrected chi connectivity index (χ2v) is 8.05. The molecule has 5 atom stereocenters. The summed E-state index contributed by atoms with van der Waals surface area (Å²) in [5.41, 5.74) is 3.59. The molecule has 0 aromatic heterocycles. The maximum atomic E-state index is 10.5. The molecule has 3 heteroatoms. The molecule has 0 unspecified atom stereocenters. The van der Waals surface area contributed by atoms with Crippen LogP contribution >= 0.6 is 0 Å². The number of fused-ring (bicyclic) bond motifs is 5. The maximum absolute atomic E-state index is 10.5. The van der Waals surface area contributed by atoms with E-state index in [4.69, 9.17) is 4.74 Å². The predicted octanol–water partition coefficient (Wildman–Crippen LogP) is 3.56. The van der Waals surface area contributed by atoms with Crippen molar-refractivity contribution in [1.29, 1.82) is 0 Å². The van der Waals surface area contributed by atoms with E-state index in [1.165, 1.54) is 11.1 Å². The third kappa shape index (κ3) is 2.24. The number of aliphatic hydroxyl groups excluding tert-OH is 1. The summed E-state index contributed by atoms with van der Waals surface area (Å²) >= 11 is 0. The Labute approximate surface area is 144 Å². The van der Waals surface area contributed by atoms with Crippen LogP contribution in [-0.4, -0.2) is 23.4 Å². The largest absolute Gasteiger partial charge is 0.508 e. The lowest BCUT2D eigenvalue weighted by Gasteiger charge is -2.50. The van der Waals surface area contributed by atoms with E-state index in [-0.39, 0.29) is 11.5 Å². The zero-order valence-electron chi connectivity index (χ0n) is 14.5. The van der Waals surface area contributed by atoms with Gasteiger partial charge in [0.05, 0.1) is 13.2 Å². The van der Waals surface area contributed by atoms with Crippen molar-refractivity contribution in [2.45, 2.75) is 57.5 Å². The Morgan fingerprint density at radius 1 is 1.21 bits per heavy atom. The van der Waals surface area contributed by atoms with Crippen LogP contribution in [0.25, 0.3) is 0 Å². The Bertz CT molecular complexity index is 714. The van der Waals surface area contributed by atoms with E-state index < -0.39 is 0 Å². The lowest BCUT2D eigenvalue weighted by Crippen LogP contribution is -2.44. The Morgan fingerprint density at radius 3 is 2.83 bits per heavy atom. The Kier molecular flexibility index (Phi) is 3.77. The van der Waals surface area contributed by atoms with Crippen molar-refractivity contribution in [3.05, 3.63) is 28.8 Å². The van der Waals surface area contributed by atoms with Gasteiger partial charge in [0.25, 0.3) is 0 Å². The Morgan fingerprint density at radius 2 is 2.04 bits per heavy atom. The van der Waals surface area contributed by atoms with E-state index in [1.54, 1.807) is 13.2 Å². The normalized spacial score (nSPS) is 36.8. The monoisotopic (exact) mass is 326 g/mol. The number of hydrogen-bond donors (Lipinski definition) is 2. The van der Waals surface area contributed by atoms with Crippen molar-refractivity contribution in [1.82, 2.24) is 0 Å². The molecule has 3 aliphatic carbocycles. The molecule has 1 aromatic rings. The maximum Gasteiger partial charge on any atom is 0.117 e. The van der Waals surface area contributed by atoms with Crippen LogP contribution in [0, 0.1) is 29.3 Å². The number of phenols is 1. The lowest BCUT2D eigenvalue weighted by atomic mass is 9.55. The minimum absolute atomic E-state index is 0.0912. The quantitative estimate of drug-likeness (QED) is 0.717. The highest BCUT2D eigenvalue weighted by Crippen LogP contribution is 2.61. The molecule has 0 amide bonds. The molecule has 2 saturated carbocycles. The van der Waals surface area contributed by atoms with E-state index in [2.05, 4.69) is 19.0 Å². The van der Waals surface area contributed by atoms with Crippen molar-refractivity contribution < 1.29 is 14.9 Å². The first-order chi connectivity index (χ1) is 11.5. The number of phenolic OH excluding ortho intramolecular Hbond substituents is 1. The molecule has 2 fully saturated rings. The average Bonchev–Trinajstić information content (AvgIpc) is 2.87. The highest BCUT2D eigenvalue weighted by Gasteiger charge is 2.54. The first-order valence-electron chi connectivity index (χ1n) is 9.12. The standard InChI is InChI=1S/C21H26O3/c1-21-9-7-17-16(18(21)5-6-19(21)23)4-3-13-11-15(22)12-14(20(13)17)8-10-24-2/h11-12,16-19,22-23H,3-7,9H2,1-2H3/t16-,17+,18+,19+,21+/m1/s1. The van der Waals surface area contributed by atoms with Crippen molar-refractivity contribution in [3.63, 3.8) is 0 Å². The number of hydrogen-bond acceptors (Lipinski definition) is 3. The SMILES string of the molecule is COC#Cc1cc(O)cc2c1[C@H]1CC[C@]3(C)[C@@H](O)CC[C@H]3[C@@H]1CC2. The van der Waals surface area contributed by atoms with Crippen molar-refractivity contribution in [2.75, 3.05) is 7.11 Å². The van der Waals surface area contributed by atoms with Crippen LogP contribution in [0.3, 0.4) is 0 Å². The average molecular weight is 326 g/mol. The van der Waals surface area contributed by atoms with Gasteiger partial charge in [0.1, 0.15) is 11.9 Å². The number of aryl methyl sites for hydroxylation is 1. The summed E-state index contributed by atoms with van der Waals surface area (Å²) < 4.78 is 4.94. The molecule has 0 radical (unpaired) electrons. The molecule has 128 valence electrons. The fourth-order valence-corrected chi connectivity index (χ4v) is 5.89. The molecule has 0 saturated heterocycles. The van der Waals surface area contributed by atoms with Crippen LogP contribution in [-0.2, 0) is 11.2 Å². The summed E-state index contributed by atoms with van der Waals surface area (Å²) in [4.78, 5) is 0. The fraction of sp³-hybridized carbons (Fsp3) is 0.619. The summed E-state index contributed by atoms with van der Waals surface area (Å²) in [6.45, 7) is 2.30. The lowest BCUT2D eigenvalue weighted by molar-refractivity contribution is -0.0226. The topological polar surface area (TPSA) is 49.7 Å². The van der Waals surface area contributed by atoms with E-state index in [0.717, 1.165) is 44.1 Å². The Hall–Kier alpha value is -1.66. The molecule has 2 N–H and O–H groups in total. The molecule has 24 heavy (non-hydrogen) atoms. The van der Waals surface area contributed by atoms with Crippen LogP contribution < -0.4 is 0 Å². The van der Waals surface area contributed by atoms with Crippen molar-refractivity contribution >= 4 is 0 Å². The van der Waals surface area contributed by atoms with Crippen LogP contribution in [0.1, 0.15) is 61.6 Å². The molecular weight excluding hydrogens is 300 g/mol. The summed E-state index contributed by atoms with van der Waals surface area (Å²) in [6, 6.07) is 3.70. The number of rotatable bonds is 0. The second-order valence-electron chi connectivity index (χ2n) is 8.05. The van der Waals surface area contributed by atoms with Crippen LogP contribution in [0.4, 0.5) is 0 Å². The second kappa shape index (κ2) is 5.70. The molecule has 0 heterocycles. The molecular formula is C21H26O3. The molecule has 0 aliphatic heterocycles. The van der Waals surface area contributed by atoms with Gasteiger partial charge in [-0.3, -0.25) is 0 Å². The van der Waals surface area contributed by atoms with Gasteiger partial charge in [0, 0.05) is 5.56 Å². The van der Waals surface area contributed by atoms with Gasteiger partial charge in [-0.15, -0.1) is 0 Å². The number of methoxy groups -OCH3 is 1. The van der Waals surface area contributed by atoms with E-state index in [0.29, 0.717) is 23.5 Å². The number of aliphatic hydroxyl groups is 1. The zero-order valence-corrected chi connectivity index (χ0v) is 14.5. The van der Waals surface area contributed by atoms with Crippen LogP contribution in [0.5, 0.6) is 5.75 Å². The summed E-state index contributed by atoms with van der Waals surface area (Å²) in [5, 5.41) is 20.6. The Balaban J connectivity index is 1.77. The first-order valence-corrected chi connectivity index (χ1v) is 9.12. The first kappa shape index (κ1) is 15.8. The van der Waals surface area contributed by atoms with Crippen LogP contribution in [0.15, 0.2) is 12.1 Å². The number of aromatic hydroxyl groups is 1. The van der Waals surface area contributed by atoms with Crippen LogP contribution in [0.2, 0.25) is 0 Å². The van der Waals surface area contributed by atoms with Gasteiger partial charge >= 0.3 is 0 Å². The summed E-state index contributed by atoms with van der Waals surface area (Å²) in [5.74, 6) is 5.12. The highest BCUT2D eigenvalue weighted by molar-refractivity contribution is 5.53. The highest BCUT2D eigenvalue weighted by atomic mass is 16.5. The van der Waals surface area contributed by atoms with E-state index in [9.17, 15) is 10.2 Å². The van der Waals surface area contributed by atoms with Gasteiger partial charge in [0.15, 0.2) is 0 Å². The molecule has 3 nitrogen and oxygen atoms in total. The molecule has 3 aliphatic rings. The smallest absolute Gasteiger partial charge is 0.117 e. The molecule has 4 rings (SSSR count). The number of benzene rings is 1. The molecule has 0 spiro atoms. The minimum atomic E-state index is -0.141.